The Labute approximate surface area is 279 Å². The average Bonchev–Trinajstić information content (AvgIpc) is 2.98. The molecule has 0 bridgehead atoms. The van der Waals surface area contributed by atoms with Crippen LogP contribution in [-0.2, 0) is 44.1 Å². The molecular weight excluding hydrogens is 642 g/mol. The molecule has 0 saturated carbocycles. The van der Waals surface area contributed by atoms with E-state index in [1.807, 2.05) is 0 Å². The Morgan fingerprint density at radius 1 is 0.851 bits per heavy atom. The number of nitrogens with one attached hydrogen (secondary N) is 2. The van der Waals surface area contributed by atoms with Crippen molar-refractivity contribution >= 4 is 43.9 Å². The fourth-order valence-corrected chi connectivity index (χ4v) is 13.0. The number of alkyl carbamates (subject to hydrolysis) is 1. The van der Waals surface area contributed by atoms with E-state index in [-0.39, 0.29) is 50.3 Å². The van der Waals surface area contributed by atoms with E-state index >= 15 is 0 Å². The smallest absolute Gasteiger partial charge is 0.410 e. The maximum Gasteiger partial charge on any atom is 0.410 e. The molecule has 11 nitrogen and oxygen atoms in total. The highest BCUT2D eigenvalue weighted by Crippen LogP contribution is 2.69. The van der Waals surface area contributed by atoms with E-state index in [4.69, 9.17) is 14.2 Å². The second kappa shape index (κ2) is 19.9. The van der Waals surface area contributed by atoms with Crippen molar-refractivity contribution in [1.82, 2.24) is 5.32 Å². The van der Waals surface area contributed by atoms with Gasteiger partial charge < -0.3 is 34.0 Å². The van der Waals surface area contributed by atoms with E-state index in [0.717, 1.165) is 5.56 Å². The number of allylic oxidation sites excluding steroid dienone is 4. The minimum Gasteiger partial charge on any atom is -0.458 e. The summed E-state index contributed by atoms with van der Waals surface area (Å²) in [6, 6.07) is 5.69. The molecule has 0 unspecified atom stereocenters. The van der Waals surface area contributed by atoms with Crippen LogP contribution < -0.4 is 10.6 Å². The Morgan fingerprint density at radius 2 is 1.36 bits per heavy atom. The predicted molar refractivity (Wildman–Crippen MR) is 188 cm³/mol. The number of ether oxygens (including phenoxy) is 3. The molecule has 0 aliphatic heterocycles. The molecule has 1 rings (SSSR count). The van der Waals surface area contributed by atoms with Gasteiger partial charge in [-0.15, -0.1) is 26.3 Å². The van der Waals surface area contributed by atoms with Crippen molar-refractivity contribution in [2.24, 2.45) is 0 Å². The van der Waals surface area contributed by atoms with E-state index in [1.54, 1.807) is 76.3 Å². The molecule has 13 heteroatoms. The van der Waals surface area contributed by atoms with Crippen molar-refractivity contribution in [3.8, 4) is 0 Å². The fourth-order valence-electron chi connectivity index (χ4n) is 4.72. The first-order valence-electron chi connectivity index (χ1n) is 15.4. The molecule has 0 saturated heterocycles. The Hall–Kier alpha value is -3.68. The van der Waals surface area contributed by atoms with Crippen molar-refractivity contribution in [2.75, 3.05) is 36.8 Å². The zero-order valence-corrected chi connectivity index (χ0v) is 29.8. The van der Waals surface area contributed by atoms with Crippen molar-refractivity contribution in [3.63, 3.8) is 0 Å². The summed E-state index contributed by atoms with van der Waals surface area (Å²) in [6.45, 7) is 21.0. The highest BCUT2D eigenvalue weighted by atomic mass is 31.2. The highest BCUT2D eigenvalue weighted by molar-refractivity contribution is 7.82. The van der Waals surface area contributed by atoms with Crippen molar-refractivity contribution in [3.05, 3.63) is 80.4 Å². The Kier molecular flexibility index (Phi) is 17.5. The van der Waals surface area contributed by atoms with Crippen LogP contribution in [0, 0.1) is 0 Å². The van der Waals surface area contributed by atoms with Crippen LogP contribution in [0.25, 0.3) is 0 Å². The Morgan fingerprint density at radius 3 is 1.81 bits per heavy atom. The van der Waals surface area contributed by atoms with Crippen LogP contribution in [0.2, 0.25) is 0 Å². The number of carbonyl (C=O) groups is 4. The van der Waals surface area contributed by atoms with E-state index in [9.17, 15) is 28.3 Å². The van der Waals surface area contributed by atoms with Gasteiger partial charge in [-0.3, -0.25) is 9.59 Å². The highest BCUT2D eigenvalue weighted by Gasteiger charge is 2.43. The van der Waals surface area contributed by atoms with Gasteiger partial charge in [0.2, 0.25) is 12.7 Å². The first kappa shape index (κ1) is 41.3. The molecule has 260 valence electrons. The summed E-state index contributed by atoms with van der Waals surface area (Å²) in [5.74, 6) is -1.76. The zero-order valence-electron chi connectivity index (χ0n) is 28.0. The third-order valence-corrected chi connectivity index (χ3v) is 15.4. The first-order chi connectivity index (χ1) is 22.1. The Bertz CT molecular complexity index is 1300. The van der Waals surface area contributed by atoms with Gasteiger partial charge in [-0.05, 0) is 51.3 Å². The number of rotatable bonds is 21. The van der Waals surface area contributed by atoms with Crippen LogP contribution in [0.3, 0.4) is 0 Å². The molecular formula is C34H50N2O9P2. The van der Waals surface area contributed by atoms with Gasteiger partial charge in [-0.2, -0.15) is 0 Å². The summed E-state index contributed by atoms with van der Waals surface area (Å²) < 4.78 is 43.3. The summed E-state index contributed by atoms with van der Waals surface area (Å²) in [5, 5.41) is 4.48. The molecule has 1 atom stereocenters. The fraction of sp³-hybridized carbons (Fsp3) is 0.471. The molecule has 1 aromatic rings. The maximum atomic E-state index is 14.2. The van der Waals surface area contributed by atoms with Gasteiger partial charge >= 0.3 is 18.0 Å². The van der Waals surface area contributed by atoms with E-state index in [1.165, 1.54) is 0 Å². The summed E-state index contributed by atoms with van der Waals surface area (Å²) in [5.41, 5.74) is 0.401. The third-order valence-electron chi connectivity index (χ3n) is 6.84. The Balaban J connectivity index is 3.06. The first-order valence-corrected chi connectivity index (χ1v) is 19.6. The van der Waals surface area contributed by atoms with Crippen molar-refractivity contribution in [2.45, 2.75) is 70.4 Å². The zero-order chi connectivity index (χ0) is 35.7. The minimum atomic E-state index is -3.04. The second-order valence-corrected chi connectivity index (χ2v) is 18.8. The number of amides is 2. The standard InChI is InChI=1S/C34H50N2O9P2/c1-9-20-46(41,21-10-2)31(47(42,22-11-3)23-12-4)24-26-14-16-27(17-15-26)35-29(37)19-18-28(32(39)45-34(6,7)8)36-33(40)44-25-43-30(38)13-5/h9-12,14-17,28,31H,1-4,13,18-25H2,5-8H3,(H,35,37)(H,36,40)/t28-/m0/s1. The van der Waals surface area contributed by atoms with Gasteiger partial charge in [0.1, 0.15) is 25.9 Å². The molecule has 2 amide bonds. The minimum absolute atomic E-state index is 0.102. The van der Waals surface area contributed by atoms with E-state index in [2.05, 4.69) is 36.9 Å². The lowest BCUT2D eigenvalue weighted by Gasteiger charge is -2.33. The molecule has 0 heterocycles. The second-order valence-electron chi connectivity index (χ2n) is 11.9. The summed E-state index contributed by atoms with van der Waals surface area (Å²) >= 11 is 0. The van der Waals surface area contributed by atoms with Gasteiger partial charge in [0.15, 0.2) is 0 Å². The quantitative estimate of drug-likeness (QED) is 0.0595. The normalized spacial score (nSPS) is 12.3. The van der Waals surface area contributed by atoms with Crippen LogP contribution in [0.1, 0.15) is 52.5 Å². The van der Waals surface area contributed by atoms with E-state index < -0.39 is 62.1 Å². The van der Waals surface area contributed by atoms with Crippen LogP contribution in [-0.4, -0.2) is 72.4 Å². The number of carbonyl (C=O) groups excluding carboxylic acids is 4. The lowest BCUT2D eigenvalue weighted by molar-refractivity contribution is -0.158. The van der Waals surface area contributed by atoms with Crippen LogP contribution in [0.4, 0.5) is 10.5 Å². The lowest BCUT2D eigenvalue weighted by Crippen LogP contribution is -2.45. The molecule has 2 N–H and O–H groups in total. The van der Waals surface area contributed by atoms with Crippen molar-refractivity contribution < 1.29 is 42.5 Å². The van der Waals surface area contributed by atoms with Crippen molar-refractivity contribution in [1.29, 1.82) is 0 Å². The third kappa shape index (κ3) is 14.7. The molecule has 0 aliphatic rings. The summed E-state index contributed by atoms with van der Waals surface area (Å²) in [7, 11) is -6.07. The number of anilines is 1. The number of hydrogen-bond acceptors (Lipinski definition) is 9. The topological polar surface area (TPSA) is 154 Å². The SMILES string of the molecule is C=CCP(=O)(CC=C)C(Cc1ccc(NC(=O)CC[C@H](NC(=O)OCOC(=O)CC)C(=O)OC(C)(C)C)cc1)P(=O)(CC=C)CC=C. The lowest BCUT2D eigenvalue weighted by atomic mass is 10.1. The molecule has 1 aromatic carbocycles. The predicted octanol–water partition coefficient (Wildman–Crippen LogP) is 7.09. The molecule has 0 aromatic heterocycles. The molecule has 0 aliphatic carbocycles. The largest absolute Gasteiger partial charge is 0.458 e. The number of hydrogen-bond donors (Lipinski definition) is 2. The van der Waals surface area contributed by atoms with Crippen LogP contribution in [0.15, 0.2) is 74.9 Å². The summed E-state index contributed by atoms with van der Waals surface area (Å²) in [6.07, 6.45) is 6.37. The number of benzene rings is 1. The van der Waals surface area contributed by atoms with Gasteiger partial charge in [-0.1, -0.05) is 43.4 Å². The molecule has 0 spiro atoms. The molecule has 0 radical (unpaired) electrons. The van der Waals surface area contributed by atoms with Gasteiger partial charge in [0, 0.05) is 43.2 Å². The molecule has 47 heavy (non-hydrogen) atoms. The van der Waals surface area contributed by atoms with Gasteiger partial charge in [-0.25, -0.2) is 9.59 Å². The van der Waals surface area contributed by atoms with E-state index in [0.29, 0.717) is 5.69 Å². The van der Waals surface area contributed by atoms with Gasteiger partial charge in [0.05, 0.1) is 5.40 Å². The maximum absolute atomic E-state index is 14.2. The monoisotopic (exact) mass is 692 g/mol. The number of esters is 2. The average molecular weight is 693 g/mol. The molecule has 0 fully saturated rings. The van der Waals surface area contributed by atoms with Crippen LogP contribution >= 0.6 is 14.3 Å². The van der Waals surface area contributed by atoms with Gasteiger partial charge in [0.25, 0.3) is 0 Å². The van der Waals surface area contributed by atoms with Crippen LogP contribution in [0.5, 0.6) is 0 Å². The summed E-state index contributed by atoms with van der Waals surface area (Å²) in [4.78, 5) is 49.1.